The molecule has 3 heteroatoms. The van der Waals surface area contributed by atoms with E-state index in [1.807, 2.05) is 0 Å². The lowest BCUT2D eigenvalue weighted by Gasteiger charge is -2.06. The summed E-state index contributed by atoms with van der Waals surface area (Å²) < 4.78 is 0.794. The summed E-state index contributed by atoms with van der Waals surface area (Å²) >= 11 is 5.22. The first kappa shape index (κ1) is 8.88. The van der Waals surface area contributed by atoms with E-state index in [4.69, 9.17) is 12.2 Å². The number of H-pyrrole nitrogens is 1. The number of hydrogen-bond acceptors (Lipinski definition) is 2. The Hall–Kier alpha value is -0.700. The summed E-state index contributed by atoms with van der Waals surface area (Å²) in [7, 11) is 0. The van der Waals surface area contributed by atoms with E-state index in [1.54, 1.807) is 6.33 Å². The summed E-state index contributed by atoms with van der Waals surface area (Å²) in [5.74, 6) is 0.742. The van der Waals surface area contributed by atoms with E-state index >= 15 is 0 Å². The van der Waals surface area contributed by atoms with Crippen molar-refractivity contribution >= 4 is 12.2 Å². The second kappa shape index (κ2) is 3.58. The SMILES string of the molecule is CCCc1c(C2CC2)[nH]cnc1=S. The van der Waals surface area contributed by atoms with Gasteiger partial charge in [0.15, 0.2) is 0 Å². The van der Waals surface area contributed by atoms with Gasteiger partial charge < -0.3 is 4.98 Å². The van der Waals surface area contributed by atoms with Crippen LogP contribution in [0.4, 0.5) is 0 Å². The molecule has 1 aromatic heterocycles. The molecule has 0 atom stereocenters. The Morgan fingerprint density at radius 1 is 1.62 bits per heavy atom. The fourth-order valence-corrected chi connectivity index (χ4v) is 1.93. The van der Waals surface area contributed by atoms with Crippen LogP contribution in [-0.2, 0) is 6.42 Å². The number of aromatic amines is 1. The van der Waals surface area contributed by atoms with Gasteiger partial charge in [-0.2, -0.15) is 0 Å². The molecule has 1 aliphatic rings. The van der Waals surface area contributed by atoms with Crippen molar-refractivity contribution in [3.05, 3.63) is 22.2 Å². The third-order valence-electron chi connectivity index (χ3n) is 2.47. The highest BCUT2D eigenvalue weighted by atomic mass is 32.1. The first-order chi connectivity index (χ1) is 6.33. The van der Waals surface area contributed by atoms with E-state index in [0.29, 0.717) is 0 Å². The van der Waals surface area contributed by atoms with Crippen molar-refractivity contribution in [2.45, 2.75) is 38.5 Å². The van der Waals surface area contributed by atoms with Crippen molar-refractivity contribution in [3.8, 4) is 0 Å². The molecule has 1 aliphatic carbocycles. The second-order valence-corrected chi connectivity index (χ2v) is 4.01. The van der Waals surface area contributed by atoms with Crippen LogP contribution < -0.4 is 0 Å². The van der Waals surface area contributed by atoms with Gasteiger partial charge >= 0.3 is 0 Å². The number of hydrogen-bond donors (Lipinski definition) is 1. The van der Waals surface area contributed by atoms with Crippen LogP contribution in [-0.4, -0.2) is 9.97 Å². The Morgan fingerprint density at radius 2 is 2.38 bits per heavy atom. The van der Waals surface area contributed by atoms with Crippen LogP contribution >= 0.6 is 12.2 Å². The van der Waals surface area contributed by atoms with Crippen LogP contribution in [0.2, 0.25) is 0 Å². The molecule has 1 saturated carbocycles. The van der Waals surface area contributed by atoms with Crippen LogP contribution in [0.15, 0.2) is 6.33 Å². The van der Waals surface area contributed by atoms with Crippen molar-refractivity contribution in [1.82, 2.24) is 9.97 Å². The summed E-state index contributed by atoms with van der Waals surface area (Å²) in [5.41, 5.74) is 2.63. The number of rotatable bonds is 3. The summed E-state index contributed by atoms with van der Waals surface area (Å²) in [5, 5.41) is 0. The van der Waals surface area contributed by atoms with E-state index in [-0.39, 0.29) is 0 Å². The Morgan fingerprint density at radius 3 is 3.00 bits per heavy atom. The van der Waals surface area contributed by atoms with E-state index in [9.17, 15) is 0 Å². The molecular formula is C10H14N2S. The number of nitrogens with one attached hydrogen (secondary N) is 1. The maximum atomic E-state index is 5.22. The lowest BCUT2D eigenvalue weighted by Crippen LogP contribution is -1.98. The zero-order chi connectivity index (χ0) is 9.26. The zero-order valence-electron chi connectivity index (χ0n) is 7.84. The quantitative estimate of drug-likeness (QED) is 0.749. The Labute approximate surface area is 83.4 Å². The number of aromatic nitrogens is 2. The van der Waals surface area contributed by atoms with Gasteiger partial charge in [0.05, 0.1) is 6.33 Å². The highest BCUT2D eigenvalue weighted by molar-refractivity contribution is 7.71. The molecule has 2 nitrogen and oxygen atoms in total. The average Bonchev–Trinajstić information content (AvgIpc) is 2.92. The highest BCUT2D eigenvalue weighted by Crippen LogP contribution is 2.40. The summed E-state index contributed by atoms with van der Waals surface area (Å²) in [4.78, 5) is 7.37. The van der Waals surface area contributed by atoms with Gasteiger partial charge in [0.2, 0.25) is 0 Å². The molecule has 13 heavy (non-hydrogen) atoms. The molecule has 0 unspecified atom stereocenters. The first-order valence-electron chi connectivity index (χ1n) is 4.89. The van der Waals surface area contributed by atoms with Gasteiger partial charge in [-0.25, -0.2) is 4.98 Å². The topological polar surface area (TPSA) is 28.7 Å². The average molecular weight is 194 g/mol. The van der Waals surface area contributed by atoms with Gasteiger partial charge in [-0.15, -0.1) is 0 Å². The molecule has 0 aromatic carbocycles. The zero-order valence-corrected chi connectivity index (χ0v) is 8.66. The van der Waals surface area contributed by atoms with Crippen LogP contribution in [0.5, 0.6) is 0 Å². The summed E-state index contributed by atoms with van der Waals surface area (Å²) in [6.07, 6.45) is 6.56. The molecule has 0 radical (unpaired) electrons. The largest absolute Gasteiger partial charge is 0.349 e. The molecule has 0 saturated heterocycles. The normalized spacial score (nSPS) is 16.1. The van der Waals surface area contributed by atoms with Gasteiger partial charge in [-0.3, -0.25) is 0 Å². The van der Waals surface area contributed by atoms with E-state index in [1.165, 1.54) is 24.1 Å². The highest BCUT2D eigenvalue weighted by Gasteiger charge is 2.26. The smallest absolute Gasteiger partial charge is 0.132 e. The minimum Gasteiger partial charge on any atom is -0.349 e. The van der Waals surface area contributed by atoms with Crippen LogP contribution in [0.25, 0.3) is 0 Å². The van der Waals surface area contributed by atoms with Crippen LogP contribution in [0.3, 0.4) is 0 Å². The van der Waals surface area contributed by atoms with E-state index < -0.39 is 0 Å². The molecule has 1 fully saturated rings. The van der Waals surface area contributed by atoms with Gasteiger partial charge in [0.25, 0.3) is 0 Å². The Balaban J connectivity index is 2.41. The van der Waals surface area contributed by atoms with Crippen molar-refractivity contribution in [2.24, 2.45) is 0 Å². The lowest BCUT2D eigenvalue weighted by molar-refractivity contribution is 0.848. The monoisotopic (exact) mass is 194 g/mol. The standard InChI is InChI=1S/C10H14N2S/c1-2-3-8-9(7-4-5-7)11-6-12-10(8)13/h6-7H,2-5H2,1H3,(H,11,12,13). The molecule has 0 spiro atoms. The molecule has 1 N–H and O–H groups in total. The third kappa shape index (κ3) is 1.80. The molecular weight excluding hydrogens is 180 g/mol. The van der Waals surface area contributed by atoms with Crippen molar-refractivity contribution in [1.29, 1.82) is 0 Å². The number of nitrogens with zero attached hydrogens (tertiary/aromatic N) is 1. The molecule has 1 aromatic rings. The fraction of sp³-hybridized carbons (Fsp3) is 0.600. The molecule has 70 valence electrons. The van der Waals surface area contributed by atoms with E-state index in [0.717, 1.165) is 23.4 Å². The summed E-state index contributed by atoms with van der Waals surface area (Å²) in [6, 6.07) is 0. The Bertz CT molecular complexity index is 352. The van der Waals surface area contributed by atoms with Crippen LogP contribution in [0, 0.1) is 4.64 Å². The molecule has 0 aliphatic heterocycles. The predicted octanol–water partition coefficient (Wildman–Crippen LogP) is 2.97. The maximum Gasteiger partial charge on any atom is 0.132 e. The summed E-state index contributed by atoms with van der Waals surface area (Å²) in [6.45, 7) is 2.18. The van der Waals surface area contributed by atoms with Gasteiger partial charge in [0, 0.05) is 11.3 Å². The van der Waals surface area contributed by atoms with Crippen molar-refractivity contribution < 1.29 is 0 Å². The molecule has 0 amide bonds. The van der Waals surface area contributed by atoms with E-state index in [2.05, 4.69) is 16.9 Å². The first-order valence-corrected chi connectivity index (χ1v) is 5.30. The lowest BCUT2D eigenvalue weighted by atomic mass is 10.1. The minimum atomic E-state index is 0.742. The van der Waals surface area contributed by atoms with Gasteiger partial charge in [-0.05, 0) is 25.2 Å². The Kier molecular flexibility index (Phi) is 2.44. The van der Waals surface area contributed by atoms with Crippen LogP contribution in [0.1, 0.15) is 43.4 Å². The second-order valence-electron chi connectivity index (χ2n) is 3.62. The third-order valence-corrected chi connectivity index (χ3v) is 2.82. The van der Waals surface area contributed by atoms with Crippen molar-refractivity contribution in [3.63, 3.8) is 0 Å². The molecule has 1 heterocycles. The minimum absolute atomic E-state index is 0.742. The molecule has 2 rings (SSSR count). The van der Waals surface area contributed by atoms with Gasteiger partial charge in [-0.1, -0.05) is 25.6 Å². The van der Waals surface area contributed by atoms with Gasteiger partial charge in [0.1, 0.15) is 4.64 Å². The molecule has 0 bridgehead atoms. The predicted molar refractivity (Wildman–Crippen MR) is 55.4 cm³/mol. The fourth-order valence-electron chi connectivity index (χ4n) is 1.67. The maximum absolute atomic E-state index is 5.22. The van der Waals surface area contributed by atoms with Crippen molar-refractivity contribution in [2.75, 3.05) is 0 Å².